The van der Waals surface area contributed by atoms with E-state index in [1.165, 1.54) is 4.88 Å². The molecule has 1 aliphatic rings. The normalized spacial score (nSPS) is 18.6. The zero-order valence-corrected chi connectivity index (χ0v) is 14.1. The molecule has 0 aromatic carbocycles. The highest BCUT2D eigenvalue weighted by atomic mass is 32.1. The highest BCUT2D eigenvalue weighted by Gasteiger charge is 2.28. The summed E-state index contributed by atoms with van der Waals surface area (Å²) in [4.78, 5) is 15.0. The third kappa shape index (κ3) is 5.00. The number of piperidine rings is 1. The number of nitrogens with zero attached hydrogens (tertiary/aromatic N) is 1. The van der Waals surface area contributed by atoms with Crippen LogP contribution in [0.5, 0.6) is 0 Å². The van der Waals surface area contributed by atoms with Gasteiger partial charge in [-0.05, 0) is 52.0 Å². The van der Waals surface area contributed by atoms with E-state index in [1.54, 1.807) is 16.2 Å². The molecule has 118 valence electrons. The fourth-order valence-corrected chi connectivity index (χ4v) is 3.10. The van der Waals surface area contributed by atoms with E-state index in [9.17, 15) is 4.79 Å². The van der Waals surface area contributed by atoms with Gasteiger partial charge in [-0.3, -0.25) is 0 Å². The Morgan fingerprint density at radius 1 is 1.38 bits per heavy atom. The third-order valence-corrected chi connectivity index (χ3v) is 4.47. The fourth-order valence-electron chi connectivity index (χ4n) is 2.38. The lowest BCUT2D eigenvalue weighted by Gasteiger charge is -2.34. The molecule has 1 aromatic heterocycles. The average molecular weight is 311 g/mol. The number of hydrogen-bond donors (Lipinski definition) is 0. The number of rotatable bonds is 3. The van der Waals surface area contributed by atoms with Crippen molar-refractivity contribution < 1.29 is 14.3 Å². The van der Waals surface area contributed by atoms with Crippen LogP contribution in [0.1, 0.15) is 51.5 Å². The Bertz CT molecular complexity index is 445. The summed E-state index contributed by atoms with van der Waals surface area (Å²) in [6, 6.07) is 4.15. The van der Waals surface area contributed by atoms with Crippen LogP contribution in [0.3, 0.4) is 0 Å². The highest BCUT2D eigenvalue weighted by molar-refractivity contribution is 7.10. The molecule has 4 nitrogen and oxygen atoms in total. The van der Waals surface area contributed by atoms with Crippen LogP contribution in [0.25, 0.3) is 0 Å². The number of ether oxygens (including phenoxy) is 2. The van der Waals surface area contributed by atoms with E-state index < -0.39 is 5.60 Å². The Kier molecular flexibility index (Phi) is 5.27. The monoisotopic (exact) mass is 311 g/mol. The molecular weight excluding hydrogens is 286 g/mol. The van der Waals surface area contributed by atoms with Crippen molar-refractivity contribution in [3.63, 3.8) is 0 Å². The van der Waals surface area contributed by atoms with E-state index in [4.69, 9.17) is 9.47 Å². The Morgan fingerprint density at radius 2 is 2.05 bits per heavy atom. The number of thiophene rings is 1. The molecule has 1 aromatic rings. The molecule has 21 heavy (non-hydrogen) atoms. The van der Waals surface area contributed by atoms with Crippen LogP contribution in [-0.2, 0) is 9.47 Å². The lowest BCUT2D eigenvalue weighted by Crippen LogP contribution is -2.43. The summed E-state index contributed by atoms with van der Waals surface area (Å²) in [5.74, 6) is 0. The molecule has 0 spiro atoms. The lowest BCUT2D eigenvalue weighted by molar-refractivity contribution is -0.0398. The van der Waals surface area contributed by atoms with Crippen LogP contribution in [0.4, 0.5) is 4.79 Å². The van der Waals surface area contributed by atoms with Gasteiger partial charge in [0.05, 0.1) is 12.2 Å². The van der Waals surface area contributed by atoms with Gasteiger partial charge in [-0.15, -0.1) is 11.3 Å². The zero-order valence-electron chi connectivity index (χ0n) is 13.3. The number of carbonyl (C=O) groups is 1. The average Bonchev–Trinajstić information content (AvgIpc) is 2.91. The minimum Gasteiger partial charge on any atom is -0.444 e. The Balaban J connectivity index is 1.77. The topological polar surface area (TPSA) is 38.8 Å². The summed E-state index contributed by atoms with van der Waals surface area (Å²) in [5, 5.41) is 2.07. The molecule has 5 heteroatoms. The maximum Gasteiger partial charge on any atom is 0.410 e. The molecule has 0 N–H and O–H groups in total. The van der Waals surface area contributed by atoms with E-state index in [0.717, 1.165) is 12.8 Å². The van der Waals surface area contributed by atoms with Crippen LogP contribution >= 0.6 is 11.3 Å². The Hall–Kier alpha value is -1.07. The van der Waals surface area contributed by atoms with Crippen molar-refractivity contribution in [2.75, 3.05) is 13.1 Å². The second-order valence-electron chi connectivity index (χ2n) is 6.46. The van der Waals surface area contributed by atoms with Crippen molar-refractivity contribution in [1.29, 1.82) is 0 Å². The van der Waals surface area contributed by atoms with Crippen molar-refractivity contribution in [2.24, 2.45) is 0 Å². The van der Waals surface area contributed by atoms with Crippen molar-refractivity contribution >= 4 is 17.4 Å². The molecule has 0 aliphatic carbocycles. The second kappa shape index (κ2) is 6.79. The third-order valence-electron chi connectivity index (χ3n) is 3.43. The number of carbonyl (C=O) groups excluding carboxylic acids is 1. The van der Waals surface area contributed by atoms with Crippen LogP contribution < -0.4 is 0 Å². The summed E-state index contributed by atoms with van der Waals surface area (Å²) in [6.07, 6.45) is 1.88. The number of amides is 1. The van der Waals surface area contributed by atoms with Gasteiger partial charge in [-0.1, -0.05) is 6.07 Å². The van der Waals surface area contributed by atoms with E-state index in [-0.39, 0.29) is 18.3 Å². The smallest absolute Gasteiger partial charge is 0.410 e. The summed E-state index contributed by atoms with van der Waals surface area (Å²) >= 11 is 1.72. The molecule has 1 fully saturated rings. The first kappa shape index (κ1) is 16.3. The van der Waals surface area contributed by atoms with E-state index in [0.29, 0.717) is 13.1 Å². The van der Waals surface area contributed by atoms with Gasteiger partial charge in [-0.25, -0.2) is 4.79 Å². The van der Waals surface area contributed by atoms with Gasteiger partial charge in [0.1, 0.15) is 5.60 Å². The largest absolute Gasteiger partial charge is 0.444 e. The van der Waals surface area contributed by atoms with Gasteiger partial charge in [0, 0.05) is 18.0 Å². The summed E-state index contributed by atoms with van der Waals surface area (Å²) in [7, 11) is 0. The first-order chi connectivity index (χ1) is 9.85. The van der Waals surface area contributed by atoms with Crippen molar-refractivity contribution in [3.8, 4) is 0 Å². The second-order valence-corrected chi connectivity index (χ2v) is 7.44. The number of likely N-dealkylation sites (tertiary alicyclic amines) is 1. The zero-order chi connectivity index (χ0) is 15.5. The Morgan fingerprint density at radius 3 is 2.57 bits per heavy atom. The quantitative estimate of drug-likeness (QED) is 0.838. The predicted molar refractivity (Wildman–Crippen MR) is 84.6 cm³/mol. The van der Waals surface area contributed by atoms with Crippen molar-refractivity contribution in [3.05, 3.63) is 22.4 Å². The Labute approximate surface area is 131 Å². The minimum absolute atomic E-state index is 0.128. The molecule has 1 saturated heterocycles. The summed E-state index contributed by atoms with van der Waals surface area (Å²) in [6.45, 7) is 9.18. The number of hydrogen-bond acceptors (Lipinski definition) is 4. The molecule has 0 saturated carbocycles. The SMILES string of the molecule is C[C@H](OC1CCN(C(=O)OC(C)(C)C)CC1)c1cccs1. The van der Waals surface area contributed by atoms with Gasteiger partial charge in [0.15, 0.2) is 0 Å². The lowest BCUT2D eigenvalue weighted by atomic mass is 10.1. The molecule has 0 unspecified atom stereocenters. The molecular formula is C16H25NO3S. The molecule has 2 rings (SSSR count). The maximum absolute atomic E-state index is 12.0. The van der Waals surface area contributed by atoms with Gasteiger partial charge in [-0.2, -0.15) is 0 Å². The maximum atomic E-state index is 12.0. The predicted octanol–water partition coefficient (Wildman–Crippen LogP) is 4.23. The first-order valence-corrected chi connectivity index (χ1v) is 8.40. The van der Waals surface area contributed by atoms with Gasteiger partial charge < -0.3 is 14.4 Å². The molecule has 1 amide bonds. The molecule has 0 bridgehead atoms. The molecule has 1 aliphatic heterocycles. The fraction of sp³-hybridized carbons (Fsp3) is 0.688. The first-order valence-electron chi connectivity index (χ1n) is 7.52. The molecule has 1 atom stereocenters. The van der Waals surface area contributed by atoms with Gasteiger partial charge >= 0.3 is 6.09 Å². The highest BCUT2D eigenvalue weighted by Crippen LogP contribution is 2.26. The van der Waals surface area contributed by atoms with Crippen LogP contribution in [0.15, 0.2) is 17.5 Å². The molecule has 2 heterocycles. The van der Waals surface area contributed by atoms with Gasteiger partial charge in [0.25, 0.3) is 0 Å². The summed E-state index contributed by atoms with van der Waals surface area (Å²) in [5.41, 5.74) is -0.432. The molecule has 0 radical (unpaired) electrons. The van der Waals surface area contributed by atoms with Crippen LogP contribution in [0, 0.1) is 0 Å². The van der Waals surface area contributed by atoms with E-state index in [1.807, 2.05) is 26.8 Å². The minimum atomic E-state index is -0.432. The van der Waals surface area contributed by atoms with Crippen LogP contribution in [-0.4, -0.2) is 35.8 Å². The van der Waals surface area contributed by atoms with Crippen LogP contribution in [0.2, 0.25) is 0 Å². The van der Waals surface area contributed by atoms with Gasteiger partial charge in [0.2, 0.25) is 0 Å². The summed E-state index contributed by atoms with van der Waals surface area (Å²) < 4.78 is 11.5. The van der Waals surface area contributed by atoms with E-state index >= 15 is 0 Å². The van der Waals surface area contributed by atoms with Crippen molar-refractivity contribution in [2.45, 2.75) is 58.3 Å². The van der Waals surface area contributed by atoms with Crippen molar-refractivity contribution in [1.82, 2.24) is 4.90 Å². The van der Waals surface area contributed by atoms with E-state index in [2.05, 4.69) is 18.4 Å². The standard InChI is InChI=1S/C16H25NO3S/c1-12(14-6-5-11-21-14)19-13-7-9-17(10-8-13)15(18)20-16(2,3)4/h5-6,11-13H,7-10H2,1-4H3/t12-/m0/s1.